The monoisotopic (exact) mass is 309 g/mol. The molecule has 0 bridgehead atoms. The van der Waals surface area contributed by atoms with Crippen LogP contribution >= 0.6 is 0 Å². The molecule has 1 amide bonds. The van der Waals surface area contributed by atoms with Crippen LogP contribution in [-0.2, 0) is 27.1 Å². The van der Waals surface area contributed by atoms with Crippen molar-refractivity contribution in [2.45, 2.75) is 18.7 Å². The second-order valence-electron chi connectivity index (χ2n) is 4.47. The molecule has 2 rings (SSSR count). The molecule has 112 valence electrons. The number of benzene rings is 1. The molecule has 0 atom stereocenters. The molecule has 0 saturated heterocycles. The molecular formula is C12H15N5O3S. The Morgan fingerprint density at radius 1 is 1.29 bits per heavy atom. The minimum Gasteiger partial charge on any atom is -0.326 e. The van der Waals surface area contributed by atoms with Crippen molar-refractivity contribution in [2.75, 3.05) is 5.32 Å². The second kappa shape index (κ2) is 6.46. The fourth-order valence-corrected chi connectivity index (χ4v) is 2.37. The van der Waals surface area contributed by atoms with E-state index in [0.717, 1.165) is 0 Å². The van der Waals surface area contributed by atoms with E-state index in [-0.39, 0.29) is 18.1 Å². The molecule has 0 aliphatic heterocycles. The van der Waals surface area contributed by atoms with Crippen LogP contribution < -0.4 is 10.5 Å². The summed E-state index contributed by atoms with van der Waals surface area (Å²) in [7, 11) is -3.55. The summed E-state index contributed by atoms with van der Waals surface area (Å²) in [6.07, 6.45) is 3.49. The lowest BCUT2D eigenvalue weighted by Gasteiger charge is -2.06. The molecule has 1 heterocycles. The summed E-state index contributed by atoms with van der Waals surface area (Å²) in [6, 6.07) is 6.48. The lowest BCUT2D eigenvalue weighted by Crippen LogP contribution is -2.15. The van der Waals surface area contributed by atoms with Crippen LogP contribution in [0.5, 0.6) is 0 Å². The van der Waals surface area contributed by atoms with E-state index in [1.807, 2.05) is 0 Å². The van der Waals surface area contributed by atoms with Gasteiger partial charge in [-0.05, 0) is 17.7 Å². The highest BCUT2D eigenvalue weighted by molar-refractivity contribution is 7.88. The Bertz CT molecular complexity index is 695. The van der Waals surface area contributed by atoms with Gasteiger partial charge in [-0.2, -0.15) is 0 Å². The van der Waals surface area contributed by atoms with Gasteiger partial charge >= 0.3 is 0 Å². The van der Waals surface area contributed by atoms with Crippen molar-refractivity contribution >= 4 is 21.6 Å². The molecule has 2 aromatic rings. The molecule has 21 heavy (non-hydrogen) atoms. The first-order valence-corrected chi connectivity index (χ1v) is 7.87. The van der Waals surface area contributed by atoms with Crippen LogP contribution in [0, 0.1) is 0 Å². The van der Waals surface area contributed by atoms with Crippen molar-refractivity contribution in [3.63, 3.8) is 0 Å². The average Bonchev–Trinajstić information content (AvgIpc) is 2.90. The van der Waals surface area contributed by atoms with E-state index in [0.29, 0.717) is 17.8 Å². The number of carbonyl (C=O) groups is 1. The predicted molar refractivity (Wildman–Crippen MR) is 76.5 cm³/mol. The molecular weight excluding hydrogens is 294 g/mol. The zero-order valence-corrected chi connectivity index (χ0v) is 12.0. The van der Waals surface area contributed by atoms with Gasteiger partial charge in [-0.1, -0.05) is 17.3 Å². The number of nitrogens with zero attached hydrogens (tertiary/aromatic N) is 3. The average molecular weight is 309 g/mol. The SMILES string of the molecule is NS(=O)(=O)Cc1ccc(NC(=O)CCn2ccnn2)cc1. The van der Waals surface area contributed by atoms with Gasteiger partial charge in [0, 0.05) is 18.3 Å². The van der Waals surface area contributed by atoms with E-state index in [1.54, 1.807) is 41.3 Å². The van der Waals surface area contributed by atoms with E-state index in [4.69, 9.17) is 5.14 Å². The van der Waals surface area contributed by atoms with Crippen LogP contribution in [0.15, 0.2) is 36.7 Å². The Morgan fingerprint density at radius 2 is 2.00 bits per heavy atom. The van der Waals surface area contributed by atoms with Crippen molar-refractivity contribution in [1.29, 1.82) is 0 Å². The Hall–Kier alpha value is -2.26. The highest BCUT2D eigenvalue weighted by atomic mass is 32.2. The molecule has 0 aliphatic carbocycles. The molecule has 0 spiro atoms. The van der Waals surface area contributed by atoms with E-state index in [1.165, 1.54) is 0 Å². The number of nitrogens with two attached hydrogens (primary N) is 1. The summed E-state index contributed by atoms with van der Waals surface area (Å²) < 4.78 is 23.5. The molecule has 3 N–H and O–H groups in total. The first-order chi connectivity index (χ1) is 9.92. The van der Waals surface area contributed by atoms with Crippen LogP contribution in [0.2, 0.25) is 0 Å². The summed E-state index contributed by atoms with van der Waals surface area (Å²) in [5.41, 5.74) is 1.16. The number of carbonyl (C=O) groups excluding carboxylic acids is 1. The van der Waals surface area contributed by atoms with Gasteiger partial charge < -0.3 is 5.32 Å². The third kappa shape index (κ3) is 5.32. The van der Waals surface area contributed by atoms with Crippen molar-refractivity contribution in [3.8, 4) is 0 Å². The Kier molecular flexibility index (Phi) is 4.66. The minimum absolute atomic E-state index is 0.162. The van der Waals surface area contributed by atoms with Crippen LogP contribution in [0.1, 0.15) is 12.0 Å². The van der Waals surface area contributed by atoms with Crippen molar-refractivity contribution < 1.29 is 13.2 Å². The molecule has 0 fully saturated rings. The number of sulfonamides is 1. The van der Waals surface area contributed by atoms with Gasteiger partial charge in [0.05, 0.1) is 18.5 Å². The normalized spacial score (nSPS) is 11.3. The van der Waals surface area contributed by atoms with Crippen molar-refractivity contribution in [3.05, 3.63) is 42.2 Å². The lowest BCUT2D eigenvalue weighted by molar-refractivity contribution is -0.116. The number of amides is 1. The van der Waals surface area contributed by atoms with Crippen LogP contribution in [0.25, 0.3) is 0 Å². The maximum Gasteiger partial charge on any atom is 0.226 e. The van der Waals surface area contributed by atoms with Gasteiger partial charge in [0.25, 0.3) is 0 Å². The number of hydrogen-bond acceptors (Lipinski definition) is 5. The highest BCUT2D eigenvalue weighted by Gasteiger charge is 2.06. The molecule has 1 aromatic carbocycles. The smallest absolute Gasteiger partial charge is 0.226 e. The molecule has 8 nitrogen and oxygen atoms in total. The number of primary sulfonamides is 1. The number of anilines is 1. The van der Waals surface area contributed by atoms with Gasteiger partial charge in [0.15, 0.2) is 0 Å². The molecule has 0 aliphatic rings. The van der Waals surface area contributed by atoms with Crippen LogP contribution in [-0.4, -0.2) is 29.3 Å². The fourth-order valence-electron chi connectivity index (χ4n) is 1.71. The molecule has 9 heteroatoms. The fraction of sp³-hybridized carbons (Fsp3) is 0.250. The maximum absolute atomic E-state index is 11.7. The molecule has 0 saturated carbocycles. The van der Waals surface area contributed by atoms with Gasteiger partial charge in [-0.25, -0.2) is 13.6 Å². The number of hydrogen-bond donors (Lipinski definition) is 2. The first kappa shape index (κ1) is 15.1. The minimum atomic E-state index is -3.55. The molecule has 0 unspecified atom stereocenters. The van der Waals surface area contributed by atoms with Crippen molar-refractivity contribution in [2.24, 2.45) is 5.14 Å². The van der Waals surface area contributed by atoms with E-state index >= 15 is 0 Å². The van der Waals surface area contributed by atoms with Gasteiger partial charge in [0.1, 0.15) is 0 Å². The zero-order valence-electron chi connectivity index (χ0n) is 11.1. The van der Waals surface area contributed by atoms with E-state index in [9.17, 15) is 13.2 Å². The number of aromatic nitrogens is 3. The largest absolute Gasteiger partial charge is 0.326 e. The van der Waals surface area contributed by atoms with E-state index in [2.05, 4.69) is 15.6 Å². The third-order valence-corrected chi connectivity index (χ3v) is 3.38. The van der Waals surface area contributed by atoms with E-state index < -0.39 is 10.0 Å². The topological polar surface area (TPSA) is 120 Å². The zero-order chi connectivity index (χ0) is 15.3. The third-order valence-electron chi connectivity index (χ3n) is 2.65. The number of rotatable bonds is 6. The number of nitrogens with one attached hydrogen (secondary N) is 1. The van der Waals surface area contributed by atoms with Gasteiger partial charge in [0.2, 0.25) is 15.9 Å². The predicted octanol–water partition coefficient (Wildman–Crippen LogP) is 0.0954. The lowest BCUT2D eigenvalue weighted by atomic mass is 10.2. The Balaban J connectivity index is 1.86. The maximum atomic E-state index is 11.7. The van der Waals surface area contributed by atoms with Gasteiger partial charge in [-0.3, -0.25) is 9.48 Å². The summed E-state index contributed by atoms with van der Waals surface area (Å²) in [4.78, 5) is 11.7. The first-order valence-electron chi connectivity index (χ1n) is 6.16. The van der Waals surface area contributed by atoms with Crippen molar-refractivity contribution in [1.82, 2.24) is 15.0 Å². The second-order valence-corrected chi connectivity index (χ2v) is 6.08. The quantitative estimate of drug-likeness (QED) is 0.784. The number of aryl methyl sites for hydroxylation is 1. The summed E-state index contributed by atoms with van der Waals surface area (Å²) in [5, 5.41) is 15.1. The summed E-state index contributed by atoms with van der Waals surface area (Å²) in [5.74, 6) is -0.391. The van der Waals surface area contributed by atoms with Gasteiger partial charge in [-0.15, -0.1) is 5.10 Å². The van der Waals surface area contributed by atoms with Crippen LogP contribution in [0.4, 0.5) is 5.69 Å². The highest BCUT2D eigenvalue weighted by Crippen LogP contribution is 2.11. The van der Waals surface area contributed by atoms with Crippen LogP contribution in [0.3, 0.4) is 0 Å². The standard InChI is InChI=1S/C12H15N5O3S/c13-21(19,20)9-10-1-3-11(4-2-10)15-12(18)5-7-17-8-6-14-16-17/h1-4,6,8H,5,7,9H2,(H,15,18)(H2,13,19,20). The Morgan fingerprint density at radius 3 is 2.57 bits per heavy atom. The molecule has 0 radical (unpaired) electrons. The summed E-state index contributed by atoms with van der Waals surface area (Å²) >= 11 is 0. The summed E-state index contributed by atoms with van der Waals surface area (Å²) in [6.45, 7) is 0.440. The Labute approximate surface area is 122 Å². The molecule has 1 aromatic heterocycles.